The molecular formula is C29H26ClN3O2. The summed E-state index contributed by atoms with van der Waals surface area (Å²) in [7, 11) is 0. The van der Waals surface area contributed by atoms with Crippen molar-refractivity contribution in [3.05, 3.63) is 107 Å². The van der Waals surface area contributed by atoms with Crippen LogP contribution >= 0.6 is 11.6 Å². The molecule has 6 heteroatoms. The van der Waals surface area contributed by atoms with Gasteiger partial charge in [-0.2, -0.15) is 0 Å². The fourth-order valence-corrected chi connectivity index (χ4v) is 4.49. The second-order valence-electron chi connectivity index (χ2n) is 8.53. The van der Waals surface area contributed by atoms with E-state index in [1.807, 2.05) is 43.3 Å². The minimum Gasteiger partial charge on any atom is -0.494 e. The molecule has 5 aromatic rings. The van der Waals surface area contributed by atoms with E-state index < -0.39 is 0 Å². The van der Waals surface area contributed by atoms with Crippen molar-refractivity contribution in [3.63, 3.8) is 0 Å². The van der Waals surface area contributed by atoms with Crippen LogP contribution in [0, 0.1) is 0 Å². The summed E-state index contributed by atoms with van der Waals surface area (Å²) in [6.45, 7) is 3.25. The molecule has 0 saturated carbocycles. The maximum absolute atomic E-state index is 12.8. The van der Waals surface area contributed by atoms with Gasteiger partial charge in [0.05, 0.1) is 23.7 Å². The maximum atomic E-state index is 12.8. The third-order valence-corrected chi connectivity index (χ3v) is 6.26. The number of ether oxygens (including phenoxy) is 1. The number of hydrogen-bond acceptors (Lipinski definition) is 3. The summed E-state index contributed by atoms with van der Waals surface area (Å²) in [4.78, 5) is 17.6. The lowest BCUT2D eigenvalue weighted by atomic mass is 10.1. The van der Waals surface area contributed by atoms with E-state index in [9.17, 15) is 4.79 Å². The topological polar surface area (TPSA) is 56.2 Å². The van der Waals surface area contributed by atoms with Crippen molar-refractivity contribution in [1.82, 2.24) is 14.9 Å². The molecule has 0 aliphatic carbocycles. The molecule has 1 heterocycles. The van der Waals surface area contributed by atoms with Crippen LogP contribution in [0.4, 0.5) is 0 Å². The zero-order valence-electron chi connectivity index (χ0n) is 19.4. The largest absolute Gasteiger partial charge is 0.494 e. The van der Waals surface area contributed by atoms with E-state index in [-0.39, 0.29) is 11.9 Å². The number of rotatable bonds is 8. The Bertz CT molecular complexity index is 1490. The summed E-state index contributed by atoms with van der Waals surface area (Å²) in [5, 5.41) is 5.96. The number of nitrogens with zero attached hydrogens (tertiary/aromatic N) is 2. The van der Waals surface area contributed by atoms with E-state index >= 15 is 0 Å². The average Bonchev–Trinajstić information content (AvgIpc) is 3.25. The third kappa shape index (κ3) is 5.15. The molecule has 0 saturated heterocycles. The first-order valence-corrected chi connectivity index (χ1v) is 12.1. The summed E-state index contributed by atoms with van der Waals surface area (Å²) < 4.78 is 8.21. The lowest BCUT2D eigenvalue weighted by Gasteiger charge is -2.17. The monoisotopic (exact) mass is 483 g/mol. The van der Waals surface area contributed by atoms with Gasteiger partial charge in [-0.25, -0.2) is 4.98 Å². The molecule has 0 bridgehead atoms. The van der Waals surface area contributed by atoms with Gasteiger partial charge in [0.25, 0.3) is 5.91 Å². The highest BCUT2D eigenvalue weighted by molar-refractivity contribution is 6.30. The lowest BCUT2D eigenvalue weighted by molar-refractivity contribution is 0.0937. The van der Waals surface area contributed by atoms with Crippen LogP contribution in [-0.4, -0.2) is 22.1 Å². The van der Waals surface area contributed by atoms with E-state index in [2.05, 4.69) is 40.2 Å². The number of amides is 1. The molecule has 1 aromatic heterocycles. The molecule has 1 amide bonds. The molecule has 0 spiro atoms. The van der Waals surface area contributed by atoms with Gasteiger partial charge in [-0.1, -0.05) is 60.1 Å². The number of aryl methyl sites for hydroxylation is 1. The van der Waals surface area contributed by atoms with Crippen molar-refractivity contribution in [1.29, 1.82) is 0 Å². The number of nitrogens with one attached hydrogen (secondary N) is 1. The van der Waals surface area contributed by atoms with E-state index in [0.717, 1.165) is 41.0 Å². The first kappa shape index (κ1) is 22.9. The van der Waals surface area contributed by atoms with Gasteiger partial charge in [0, 0.05) is 17.1 Å². The molecular weight excluding hydrogens is 458 g/mol. The second-order valence-corrected chi connectivity index (χ2v) is 8.96. The first-order valence-electron chi connectivity index (χ1n) is 11.7. The predicted molar refractivity (Wildman–Crippen MR) is 141 cm³/mol. The standard InChI is InChI=1S/C29H26ClN3O2/c1-20(31-29(34)23-10-6-11-24(30)18-23)28-32-26-12-4-5-13-27(26)33(28)16-7-17-35-25-15-14-21-8-2-3-9-22(21)19-25/h2-6,8-15,18-20H,7,16-17H2,1H3,(H,31,34). The number of para-hydroxylation sites is 2. The lowest BCUT2D eigenvalue weighted by Crippen LogP contribution is -2.28. The number of carbonyl (C=O) groups is 1. The van der Waals surface area contributed by atoms with Crippen LogP contribution in [0.3, 0.4) is 0 Å². The molecule has 1 atom stereocenters. The van der Waals surface area contributed by atoms with Crippen molar-refractivity contribution < 1.29 is 9.53 Å². The highest BCUT2D eigenvalue weighted by Gasteiger charge is 2.19. The minimum absolute atomic E-state index is 0.182. The van der Waals surface area contributed by atoms with Gasteiger partial charge in [0.15, 0.2) is 0 Å². The van der Waals surface area contributed by atoms with E-state index in [1.54, 1.807) is 24.3 Å². The SMILES string of the molecule is CC(NC(=O)c1cccc(Cl)c1)c1nc2ccccc2n1CCCOc1ccc2ccccc2c1. The molecule has 1 unspecified atom stereocenters. The van der Waals surface area contributed by atoms with Crippen molar-refractivity contribution >= 4 is 39.3 Å². The molecule has 35 heavy (non-hydrogen) atoms. The number of halogens is 1. The molecule has 5 rings (SSSR count). The Kier molecular flexibility index (Phi) is 6.68. The van der Waals surface area contributed by atoms with Crippen LogP contribution in [0.2, 0.25) is 5.02 Å². The van der Waals surface area contributed by atoms with Crippen LogP contribution in [0.25, 0.3) is 21.8 Å². The summed E-state index contributed by atoms with van der Waals surface area (Å²) in [5.74, 6) is 1.49. The predicted octanol–water partition coefficient (Wildman–Crippen LogP) is 6.80. The Morgan fingerprint density at radius 3 is 2.63 bits per heavy atom. The second kappa shape index (κ2) is 10.2. The van der Waals surface area contributed by atoms with Gasteiger partial charge >= 0.3 is 0 Å². The average molecular weight is 484 g/mol. The molecule has 0 fully saturated rings. The Hall–Kier alpha value is -3.83. The Labute approximate surface area is 209 Å². The molecule has 4 aromatic carbocycles. The van der Waals surface area contributed by atoms with Crippen molar-refractivity contribution in [2.45, 2.75) is 25.9 Å². The highest BCUT2D eigenvalue weighted by atomic mass is 35.5. The van der Waals surface area contributed by atoms with E-state index in [0.29, 0.717) is 17.2 Å². The zero-order valence-corrected chi connectivity index (χ0v) is 20.2. The minimum atomic E-state index is -0.282. The van der Waals surface area contributed by atoms with Crippen molar-refractivity contribution in [3.8, 4) is 5.75 Å². The number of hydrogen-bond donors (Lipinski definition) is 1. The number of aromatic nitrogens is 2. The fourth-order valence-electron chi connectivity index (χ4n) is 4.30. The summed E-state index contributed by atoms with van der Waals surface area (Å²) in [6, 6.07) is 29.1. The number of carbonyl (C=O) groups excluding carboxylic acids is 1. The van der Waals surface area contributed by atoms with Gasteiger partial charge in [-0.15, -0.1) is 0 Å². The van der Waals surface area contributed by atoms with Gasteiger partial charge < -0.3 is 14.6 Å². The normalized spacial score (nSPS) is 12.1. The van der Waals surface area contributed by atoms with Crippen LogP contribution < -0.4 is 10.1 Å². The van der Waals surface area contributed by atoms with Crippen LogP contribution in [0.15, 0.2) is 91.0 Å². The van der Waals surface area contributed by atoms with Gasteiger partial charge in [-0.05, 0) is 66.6 Å². The third-order valence-electron chi connectivity index (χ3n) is 6.02. The van der Waals surface area contributed by atoms with Gasteiger partial charge in [0.2, 0.25) is 0 Å². The zero-order chi connectivity index (χ0) is 24.2. The smallest absolute Gasteiger partial charge is 0.251 e. The fraction of sp³-hybridized carbons (Fsp3) is 0.172. The summed E-state index contributed by atoms with van der Waals surface area (Å²) >= 11 is 6.06. The van der Waals surface area contributed by atoms with E-state index in [4.69, 9.17) is 21.3 Å². The Morgan fingerprint density at radius 1 is 0.971 bits per heavy atom. The molecule has 5 nitrogen and oxygen atoms in total. The molecule has 0 radical (unpaired) electrons. The van der Waals surface area contributed by atoms with E-state index in [1.165, 1.54) is 5.39 Å². The van der Waals surface area contributed by atoms with Crippen LogP contribution in [0.5, 0.6) is 5.75 Å². The molecule has 1 N–H and O–H groups in total. The van der Waals surface area contributed by atoms with Gasteiger partial charge in [-0.3, -0.25) is 4.79 Å². The van der Waals surface area contributed by atoms with Crippen LogP contribution in [-0.2, 0) is 6.54 Å². The van der Waals surface area contributed by atoms with Crippen molar-refractivity contribution in [2.75, 3.05) is 6.61 Å². The highest BCUT2D eigenvalue weighted by Crippen LogP contribution is 2.23. The van der Waals surface area contributed by atoms with Crippen LogP contribution in [0.1, 0.15) is 35.6 Å². The maximum Gasteiger partial charge on any atom is 0.251 e. The number of benzene rings is 4. The number of imidazole rings is 1. The molecule has 0 aliphatic rings. The van der Waals surface area contributed by atoms with Gasteiger partial charge in [0.1, 0.15) is 11.6 Å². The van der Waals surface area contributed by atoms with Crippen molar-refractivity contribution in [2.24, 2.45) is 0 Å². The Balaban J connectivity index is 1.29. The quantitative estimate of drug-likeness (QED) is 0.247. The summed E-state index contributed by atoms with van der Waals surface area (Å²) in [5.41, 5.74) is 2.47. The molecule has 176 valence electrons. The number of fused-ring (bicyclic) bond motifs is 2. The summed E-state index contributed by atoms with van der Waals surface area (Å²) in [6.07, 6.45) is 0.801. The first-order chi connectivity index (χ1) is 17.1. The molecule has 0 aliphatic heterocycles. The Morgan fingerprint density at radius 2 is 1.77 bits per heavy atom.